The number of carbonyl (C=O) groups is 1. The zero-order valence-electron chi connectivity index (χ0n) is 10.8. The lowest BCUT2D eigenvalue weighted by Gasteiger charge is -2.27. The number of benzene rings is 1. The molecule has 0 fully saturated rings. The minimum Gasteiger partial charge on any atom is -0.329 e. The Morgan fingerprint density at radius 2 is 2.15 bits per heavy atom. The minimum atomic E-state index is -0.0691. The van der Waals surface area contributed by atoms with E-state index in [-0.39, 0.29) is 5.91 Å². The van der Waals surface area contributed by atoms with Crippen molar-refractivity contribution in [2.75, 3.05) is 6.54 Å². The Morgan fingerprint density at radius 3 is 2.90 bits per heavy atom. The van der Waals surface area contributed by atoms with Crippen molar-refractivity contribution < 1.29 is 4.79 Å². The van der Waals surface area contributed by atoms with Crippen molar-refractivity contribution in [2.45, 2.75) is 20.0 Å². The molecule has 1 aromatic heterocycles. The second kappa shape index (κ2) is 5.18. The Labute approximate surface area is 129 Å². The second-order valence-electron chi connectivity index (χ2n) is 4.75. The normalized spacial score (nSPS) is 14.2. The first kappa shape index (κ1) is 13.6. The topological polar surface area (TPSA) is 51.0 Å². The third-order valence-electron chi connectivity index (χ3n) is 3.35. The third-order valence-corrected chi connectivity index (χ3v) is 4.25. The maximum atomic E-state index is 12.5. The molecule has 1 amide bonds. The van der Waals surface area contributed by atoms with Crippen LogP contribution in [0.15, 0.2) is 22.9 Å². The van der Waals surface area contributed by atoms with Crippen molar-refractivity contribution in [3.8, 4) is 0 Å². The number of rotatable bonds is 1. The predicted octanol–water partition coefficient (Wildman–Crippen LogP) is 2.66. The van der Waals surface area contributed by atoms with Crippen LogP contribution in [-0.2, 0) is 13.1 Å². The summed E-state index contributed by atoms with van der Waals surface area (Å²) in [6, 6.07) is 5.47. The molecule has 1 aromatic carbocycles. The summed E-state index contributed by atoms with van der Waals surface area (Å²) < 4.78 is 2.66. The highest BCUT2D eigenvalue weighted by Gasteiger charge is 2.25. The van der Waals surface area contributed by atoms with Crippen LogP contribution in [0.3, 0.4) is 0 Å². The van der Waals surface area contributed by atoms with Gasteiger partial charge in [0.2, 0.25) is 0 Å². The van der Waals surface area contributed by atoms with Crippen LogP contribution in [0.5, 0.6) is 0 Å². The van der Waals surface area contributed by atoms with Gasteiger partial charge < -0.3 is 9.47 Å². The summed E-state index contributed by atoms with van der Waals surface area (Å²) in [6.45, 7) is 3.69. The Bertz CT molecular complexity index is 685. The molecular weight excluding hydrogens is 344 g/mol. The molecule has 1 aliphatic rings. The van der Waals surface area contributed by atoms with E-state index in [0.717, 1.165) is 11.4 Å². The van der Waals surface area contributed by atoms with Gasteiger partial charge in [0.25, 0.3) is 5.91 Å². The molecule has 0 bridgehead atoms. The molecule has 0 aliphatic carbocycles. The highest BCUT2D eigenvalue weighted by atomic mass is 79.9. The summed E-state index contributed by atoms with van der Waals surface area (Å²) >= 11 is 9.50. The summed E-state index contributed by atoms with van der Waals surface area (Å²) in [5.74, 6) is 0.708. The molecule has 7 heteroatoms. The van der Waals surface area contributed by atoms with Crippen molar-refractivity contribution in [3.63, 3.8) is 0 Å². The maximum absolute atomic E-state index is 12.5. The lowest BCUT2D eigenvalue weighted by atomic mass is 10.1. The van der Waals surface area contributed by atoms with E-state index in [4.69, 9.17) is 11.6 Å². The fraction of sp³-hybridized carbons (Fsp3) is 0.308. The number of aromatic nitrogens is 3. The molecule has 0 unspecified atom stereocenters. The number of aryl methyl sites for hydroxylation is 1. The first-order valence-electron chi connectivity index (χ1n) is 6.19. The van der Waals surface area contributed by atoms with Gasteiger partial charge in [0.15, 0.2) is 10.6 Å². The highest BCUT2D eigenvalue weighted by molar-refractivity contribution is 9.10. The van der Waals surface area contributed by atoms with Gasteiger partial charge >= 0.3 is 0 Å². The summed E-state index contributed by atoms with van der Waals surface area (Å²) in [7, 11) is 0. The smallest absolute Gasteiger partial charge is 0.255 e. The molecule has 20 heavy (non-hydrogen) atoms. The van der Waals surface area contributed by atoms with Crippen LogP contribution in [0.4, 0.5) is 0 Å². The second-order valence-corrected chi connectivity index (χ2v) is 5.86. The Morgan fingerprint density at radius 1 is 1.35 bits per heavy atom. The van der Waals surface area contributed by atoms with Crippen LogP contribution >= 0.6 is 27.5 Å². The van der Waals surface area contributed by atoms with Crippen LogP contribution in [0.1, 0.15) is 21.7 Å². The number of amides is 1. The molecule has 2 aromatic rings. The van der Waals surface area contributed by atoms with E-state index >= 15 is 0 Å². The molecular formula is C13H12BrClN4O. The number of fused-ring (bicyclic) bond motifs is 1. The molecule has 0 saturated heterocycles. The van der Waals surface area contributed by atoms with Crippen LogP contribution in [-0.4, -0.2) is 32.1 Å². The molecule has 0 atom stereocenters. The van der Waals surface area contributed by atoms with E-state index in [9.17, 15) is 4.79 Å². The number of hydrogen-bond acceptors (Lipinski definition) is 3. The van der Waals surface area contributed by atoms with E-state index in [2.05, 4.69) is 26.1 Å². The van der Waals surface area contributed by atoms with Crippen LogP contribution in [0, 0.1) is 6.92 Å². The van der Waals surface area contributed by atoms with Crippen molar-refractivity contribution in [1.82, 2.24) is 19.7 Å². The maximum Gasteiger partial charge on any atom is 0.255 e. The average molecular weight is 356 g/mol. The minimum absolute atomic E-state index is 0.0691. The van der Waals surface area contributed by atoms with Gasteiger partial charge in [-0.05, 0) is 40.5 Å². The van der Waals surface area contributed by atoms with Gasteiger partial charge in [-0.1, -0.05) is 17.7 Å². The Kier molecular flexibility index (Phi) is 3.52. The molecule has 0 N–H and O–H groups in total. The number of halogens is 2. The van der Waals surface area contributed by atoms with Crippen molar-refractivity contribution >= 4 is 33.4 Å². The monoisotopic (exact) mass is 354 g/mol. The summed E-state index contributed by atoms with van der Waals surface area (Å²) in [6.07, 6.45) is 0. The highest BCUT2D eigenvalue weighted by Crippen LogP contribution is 2.22. The lowest BCUT2D eigenvalue weighted by molar-refractivity contribution is 0.0707. The quantitative estimate of drug-likeness (QED) is 0.790. The summed E-state index contributed by atoms with van der Waals surface area (Å²) in [5, 5.41) is 8.51. The number of hydrogen-bond donors (Lipinski definition) is 0. The number of carbonyl (C=O) groups excluding carboxylic acids is 1. The zero-order valence-corrected chi connectivity index (χ0v) is 13.1. The molecule has 0 saturated carbocycles. The van der Waals surface area contributed by atoms with E-state index in [1.165, 1.54) is 0 Å². The molecule has 2 heterocycles. The van der Waals surface area contributed by atoms with Gasteiger partial charge in [0.1, 0.15) is 0 Å². The summed E-state index contributed by atoms with van der Waals surface area (Å²) in [4.78, 5) is 14.3. The lowest BCUT2D eigenvalue weighted by Crippen LogP contribution is -2.38. The molecule has 0 radical (unpaired) electrons. The van der Waals surface area contributed by atoms with Crippen LogP contribution < -0.4 is 0 Å². The summed E-state index contributed by atoms with van der Waals surface area (Å²) in [5.41, 5.74) is 1.57. The van der Waals surface area contributed by atoms with Gasteiger partial charge in [0.05, 0.1) is 17.1 Å². The predicted molar refractivity (Wildman–Crippen MR) is 78.7 cm³/mol. The first-order valence-corrected chi connectivity index (χ1v) is 7.36. The van der Waals surface area contributed by atoms with Crippen LogP contribution in [0.2, 0.25) is 5.02 Å². The molecule has 1 aliphatic heterocycles. The van der Waals surface area contributed by atoms with E-state index in [0.29, 0.717) is 35.0 Å². The standard InChI is InChI=1S/C13H12BrClN4O/c1-8-2-3-9(10(15)6-8)12(20)18-4-5-19-11(7-18)16-17-13(19)14/h2-3,6H,4-5,7H2,1H3. The zero-order chi connectivity index (χ0) is 14.3. The van der Waals surface area contributed by atoms with Crippen molar-refractivity contribution in [1.29, 1.82) is 0 Å². The molecule has 3 rings (SSSR count). The Hall–Kier alpha value is -1.40. The molecule has 104 valence electrons. The molecule has 0 spiro atoms. The average Bonchev–Trinajstić information content (AvgIpc) is 2.79. The van der Waals surface area contributed by atoms with E-state index < -0.39 is 0 Å². The fourth-order valence-corrected chi connectivity index (χ4v) is 3.04. The van der Waals surface area contributed by atoms with Gasteiger partial charge in [-0.2, -0.15) is 0 Å². The molecule has 5 nitrogen and oxygen atoms in total. The van der Waals surface area contributed by atoms with Crippen molar-refractivity contribution in [3.05, 3.63) is 44.9 Å². The van der Waals surface area contributed by atoms with E-state index in [1.807, 2.05) is 17.6 Å². The van der Waals surface area contributed by atoms with Crippen molar-refractivity contribution in [2.24, 2.45) is 0 Å². The van der Waals surface area contributed by atoms with Crippen LogP contribution in [0.25, 0.3) is 0 Å². The SMILES string of the molecule is Cc1ccc(C(=O)N2CCn3c(Br)nnc3C2)c(Cl)c1. The van der Waals surface area contributed by atoms with Gasteiger partial charge in [-0.15, -0.1) is 10.2 Å². The Balaban J connectivity index is 1.85. The largest absolute Gasteiger partial charge is 0.329 e. The van der Waals surface area contributed by atoms with Gasteiger partial charge in [-0.3, -0.25) is 4.79 Å². The first-order chi connectivity index (χ1) is 9.56. The fourth-order valence-electron chi connectivity index (χ4n) is 2.26. The van der Waals surface area contributed by atoms with Gasteiger partial charge in [-0.25, -0.2) is 0 Å². The number of nitrogens with zero attached hydrogens (tertiary/aromatic N) is 4. The third kappa shape index (κ3) is 2.33. The van der Waals surface area contributed by atoms with E-state index in [1.54, 1.807) is 17.0 Å². The van der Waals surface area contributed by atoms with Gasteiger partial charge in [0, 0.05) is 13.1 Å².